The molecule has 1 N–H and O–H groups in total. The smallest absolute Gasteiger partial charge is 0.226 e. The van der Waals surface area contributed by atoms with Gasteiger partial charge in [0.25, 0.3) is 0 Å². The molecule has 130 valence electrons. The topological polar surface area (TPSA) is 41.1 Å². The van der Waals surface area contributed by atoms with Crippen molar-refractivity contribution in [1.82, 2.24) is 15.3 Å². The van der Waals surface area contributed by atoms with Gasteiger partial charge in [-0.15, -0.1) is 0 Å². The molecule has 3 aromatic rings. The van der Waals surface area contributed by atoms with Crippen molar-refractivity contribution in [2.24, 2.45) is 0 Å². The van der Waals surface area contributed by atoms with E-state index >= 15 is 0 Å². The third-order valence-corrected chi connectivity index (χ3v) is 5.52. The lowest BCUT2D eigenvalue weighted by Gasteiger charge is -2.32. The first-order valence-electron chi connectivity index (χ1n) is 8.62. The van der Waals surface area contributed by atoms with E-state index in [0.29, 0.717) is 6.04 Å². The number of anilines is 1. The average Bonchev–Trinajstić information content (AvgIpc) is 3.14. The maximum Gasteiger partial charge on any atom is 0.226 e. The van der Waals surface area contributed by atoms with Gasteiger partial charge in [0.15, 0.2) is 0 Å². The van der Waals surface area contributed by atoms with Crippen molar-refractivity contribution in [3.63, 3.8) is 0 Å². The van der Waals surface area contributed by atoms with Crippen LogP contribution in [0, 0.1) is 12.7 Å². The van der Waals surface area contributed by atoms with Crippen molar-refractivity contribution < 1.29 is 4.39 Å². The van der Waals surface area contributed by atoms with E-state index in [0.717, 1.165) is 55.0 Å². The highest BCUT2D eigenvalue weighted by molar-refractivity contribution is 7.07. The maximum atomic E-state index is 13.4. The van der Waals surface area contributed by atoms with Gasteiger partial charge in [0.05, 0.1) is 11.2 Å². The van der Waals surface area contributed by atoms with Gasteiger partial charge >= 0.3 is 0 Å². The van der Waals surface area contributed by atoms with E-state index in [-0.39, 0.29) is 5.82 Å². The van der Waals surface area contributed by atoms with Crippen LogP contribution in [0.15, 0.2) is 35.0 Å². The molecule has 1 aromatic carbocycles. The Morgan fingerprint density at radius 3 is 2.84 bits per heavy atom. The second-order valence-electron chi connectivity index (χ2n) is 6.54. The predicted molar refractivity (Wildman–Crippen MR) is 101 cm³/mol. The molecule has 2 aromatic heterocycles. The van der Waals surface area contributed by atoms with Crippen LogP contribution in [0.4, 0.5) is 10.3 Å². The summed E-state index contributed by atoms with van der Waals surface area (Å²) in [7, 11) is 0. The van der Waals surface area contributed by atoms with Crippen LogP contribution < -0.4 is 10.2 Å². The van der Waals surface area contributed by atoms with Crippen LogP contribution in [0.1, 0.15) is 24.1 Å². The Hall–Kier alpha value is -2.05. The number of aryl methyl sites for hydroxylation is 1. The monoisotopic (exact) mass is 356 g/mol. The SMILES string of the molecule is Cc1nc(N2CCC(NCc3ccsc3)CC2)nc2ccc(F)cc12. The minimum absolute atomic E-state index is 0.246. The molecule has 1 aliphatic heterocycles. The summed E-state index contributed by atoms with van der Waals surface area (Å²) in [6.07, 6.45) is 2.15. The minimum Gasteiger partial charge on any atom is -0.341 e. The van der Waals surface area contributed by atoms with Crippen LogP contribution >= 0.6 is 11.3 Å². The van der Waals surface area contributed by atoms with Gasteiger partial charge in [-0.05, 0) is 60.4 Å². The standard InChI is InChI=1S/C19H21FN4S/c1-13-17-10-15(20)2-3-18(17)23-19(22-13)24-7-4-16(5-8-24)21-11-14-6-9-25-12-14/h2-3,6,9-10,12,16,21H,4-5,7-8,11H2,1H3. The molecule has 0 saturated carbocycles. The number of fused-ring (bicyclic) bond motifs is 1. The number of hydrogen-bond donors (Lipinski definition) is 1. The molecule has 1 fully saturated rings. The molecule has 0 unspecified atom stereocenters. The molecule has 0 amide bonds. The Balaban J connectivity index is 1.42. The number of nitrogens with one attached hydrogen (secondary N) is 1. The van der Waals surface area contributed by atoms with E-state index in [1.165, 1.54) is 17.7 Å². The molecule has 0 spiro atoms. The zero-order valence-electron chi connectivity index (χ0n) is 14.2. The fourth-order valence-electron chi connectivity index (χ4n) is 3.32. The molecule has 6 heteroatoms. The van der Waals surface area contributed by atoms with E-state index in [2.05, 4.69) is 37.0 Å². The summed E-state index contributed by atoms with van der Waals surface area (Å²) in [6.45, 7) is 4.73. The van der Waals surface area contributed by atoms with Crippen LogP contribution in [-0.4, -0.2) is 29.1 Å². The van der Waals surface area contributed by atoms with Gasteiger partial charge in [0, 0.05) is 31.1 Å². The Labute approximate surface area is 150 Å². The largest absolute Gasteiger partial charge is 0.341 e. The van der Waals surface area contributed by atoms with Gasteiger partial charge in [-0.3, -0.25) is 0 Å². The highest BCUT2D eigenvalue weighted by Crippen LogP contribution is 2.22. The fourth-order valence-corrected chi connectivity index (χ4v) is 3.99. The fraction of sp³-hybridized carbons (Fsp3) is 0.368. The second kappa shape index (κ2) is 7.06. The summed E-state index contributed by atoms with van der Waals surface area (Å²) in [4.78, 5) is 11.5. The summed E-state index contributed by atoms with van der Waals surface area (Å²) >= 11 is 1.74. The molecule has 3 heterocycles. The summed E-state index contributed by atoms with van der Waals surface area (Å²) in [5, 5.41) is 8.74. The van der Waals surface area contributed by atoms with Crippen LogP contribution in [0.3, 0.4) is 0 Å². The molecule has 0 aliphatic carbocycles. The molecule has 1 aliphatic rings. The van der Waals surface area contributed by atoms with Gasteiger partial charge in [-0.25, -0.2) is 14.4 Å². The predicted octanol–water partition coefficient (Wildman–Crippen LogP) is 3.90. The zero-order valence-corrected chi connectivity index (χ0v) is 15.0. The normalized spacial score (nSPS) is 15.8. The van der Waals surface area contributed by atoms with E-state index in [9.17, 15) is 4.39 Å². The minimum atomic E-state index is -0.246. The van der Waals surface area contributed by atoms with Crippen LogP contribution in [0.5, 0.6) is 0 Å². The summed E-state index contributed by atoms with van der Waals surface area (Å²) < 4.78 is 13.4. The molecule has 0 radical (unpaired) electrons. The van der Waals surface area contributed by atoms with E-state index < -0.39 is 0 Å². The van der Waals surface area contributed by atoms with E-state index in [4.69, 9.17) is 0 Å². The number of aromatic nitrogens is 2. The van der Waals surface area contributed by atoms with Crippen molar-refractivity contribution in [1.29, 1.82) is 0 Å². The highest BCUT2D eigenvalue weighted by Gasteiger charge is 2.21. The Kier molecular flexibility index (Phi) is 4.63. The van der Waals surface area contributed by atoms with E-state index in [1.807, 2.05) is 6.92 Å². The van der Waals surface area contributed by atoms with Gasteiger partial charge < -0.3 is 10.2 Å². The molecule has 4 rings (SSSR count). The first-order chi connectivity index (χ1) is 12.2. The third-order valence-electron chi connectivity index (χ3n) is 4.79. The van der Waals surface area contributed by atoms with Crippen molar-refractivity contribution in [2.45, 2.75) is 32.4 Å². The lowest BCUT2D eigenvalue weighted by molar-refractivity contribution is 0.411. The molecule has 1 saturated heterocycles. The van der Waals surface area contributed by atoms with Crippen LogP contribution in [0.2, 0.25) is 0 Å². The first kappa shape index (κ1) is 16.4. The molecule has 0 atom stereocenters. The van der Waals surface area contributed by atoms with Gasteiger partial charge in [0.2, 0.25) is 5.95 Å². The summed E-state index contributed by atoms with van der Waals surface area (Å²) in [5.41, 5.74) is 2.99. The number of thiophene rings is 1. The Morgan fingerprint density at radius 2 is 2.08 bits per heavy atom. The molecular formula is C19H21FN4S. The van der Waals surface area contributed by atoms with Gasteiger partial charge in [-0.1, -0.05) is 0 Å². The number of hydrogen-bond acceptors (Lipinski definition) is 5. The zero-order chi connectivity index (χ0) is 17.2. The maximum absolute atomic E-state index is 13.4. The van der Waals surface area contributed by atoms with Crippen molar-refractivity contribution in [3.8, 4) is 0 Å². The average molecular weight is 356 g/mol. The lowest BCUT2D eigenvalue weighted by Crippen LogP contribution is -2.42. The highest BCUT2D eigenvalue weighted by atomic mass is 32.1. The number of rotatable bonds is 4. The summed E-state index contributed by atoms with van der Waals surface area (Å²) in [6, 6.07) is 7.40. The summed E-state index contributed by atoms with van der Waals surface area (Å²) in [5.74, 6) is 0.511. The molecule has 0 bridgehead atoms. The third kappa shape index (κ3) is 3.65. The van der Waals surface area contributed by atoms with E-state index in [1.54, 1.807) is 17.4 Å². The number of benzene rings is 1. The van der Waals surface area contributed by atoms with Crippen molar-refractivity contribution in [2.75, 3.05) is 18.0 Å². The Morgan fingerprint density at radius 1 is 1.24 bits per heavy atom. The lowest BCUT2D eigenvalue weighted by atomic mass is 10.1. The second-order valence-corrected chi connectivity index (χ2v) is 7.32. The molecule has 25 heavy (non-hydrogen) atoms. The van der Waals surface area contributed by atoms with Crippen LogP contribution in [0.25, 0.3) is 10.9 Å². The first-order valence-corrected chi connectivity index (χ1v) is 9.56. The Bertz CT molecular complexity index is 857. The molecular weight excluding hydrogens is 335 g/mol. The van der Waals surface area contributed by atoms with Crippen molar-refractivity contribution >= 4 is 28.2 Å². The molecule has 4 nitrogen and oxygen atoms in total. The van der Waals surface area contributed by atoms with Crippen LogP contribution in [-0.2, 0) is 6.54 Å². The number of halogens is 1. The van der Waals surface area contributed by atoms with Gasteiger partial charge in [-0.2, -0.15) is 11.3 Å². The van der Waals surface area contributed by atoms with Gasteiger partial charge in [0.1, 0.15) is 5.82 Å². The quantitative estimate of drug-likeness (QED) is 0.770. The number of piperidine rings is 1. The number of nitrogens with zero attached hydrogens (tertiary/aromatic N) is 3. The van der Waals surface area contributed by atoms with Crippen molar-refractivity contribution in [3.05, 3.63) is 52.1 Å².